The molecule has 0 aromatic heterocycles. The van der Waals surface area contributed by atoms with E-state index >= 15 is 0 Å². The predicted octanol–water partition coefficient (Wildman–Crippen LogP) is 2.27. The van der Waals surface area contributed by atoms with Crippen LogP contribution in [0.5, 0.6) is 5.75 Å². The molecule has 0 saturated heterocycles. The van der Waals surface area contributed by atoms with Gasteiger partial charge in [0, 0.05) is 0 Å². The van der Waals surface area contributed by atoms with E-state index in [4.69, 9.17) is 4.74 Å². The molecule has 1 aliphatic rings. The maximum absolute atomic E-state index is 5.68. The Labute approximate surface area is 72.5 Å². The summed E-state index contributed by atoms with van der Waals surface area (Å²) < 4.78 is 5.68. The van der Waals surface area contributed by atoms with Crippen molar-refractivity contribution in [3.8, 4) is 5.75 Å². The van der Waals surface area contributed by atoms with Crippen molar-refractivity contribution in [1.82, 2.24) is 0 Å². The summed E-state index contributed by atoms with van der Waals surface area (Å²) in [6, 6.07) is 8.42. The van der Waals surface area contributed by atoms with Crippen LogP contribution in [0.3, 0.4) is 0 Å². The second-order valence-electron chi connectivity index (χ2n) is 3.25. The van der Waals surface area contributed by atoms with Gasteiger partial charge in [-0.25, -0.2) is 0 Å². The van der Waals surface area contributed by atoms with Crippen molar-refractivity contribution in [3.63, 3.8) is 0 Å². The zero-order valence-corrected chi connectivity index (χ0v) is 7.37. The maximum atomic E-state index is 5.68. The normalized spacial score (nSPS) is 26.8. The quantitative estimate of drug-likeness (QED) is 0.633. The number of nitrogens with one attached hydrogen (secondary N) is 1. The van der Waals surface area contributed by atoms with Crippen LogP contribution in [0.4, 0.5) is 5.69 Å². The molecular formula is C10H13NO. The summed E-state index contributed by atoms with van der Waals surface area (Å²) in [6.07, 6.45) is 0.250. The highest BCUT2D eigenvalue weighted by molar-refractivity contribution is 5.58. The highest BCUT2D eigenvalue weighted by atomic mass is 16.5. The molecule has 1 aromatic rings. The summed E-state index contributed by atoms with van der Waals surface area (Å²) in [6.45, 7) is 4.20. The summed E-state index contributed by atoms with van der Waals surface area (Å²) in [5.74, 6) is 0.961. The number of fused-ring (bicyclic) bond motifs is 1. The Kier molecular flexibility index (Phi) is 1.68. The molecule has 0 fully saturated rings. The molecule has 2 atom stereocenters. The molecule has 64 valence electrons. The number of ether oxygens (including phenoxy) is 1. The maximum Gasteiger partial charge on any atom is 0.142 e. The topological polar surface area (TPSA) is 21.3 Å². The Hall–Kier alpha value is -1.18. The van der Waals surface area contributed by atoms with Crippen LogP contribution in [0.2, 0.25) is 0 Å². The fourth-order valence-corrected chi connectivity index (χ4v) is 1.35. The SMILES string of the molecule is C[C@@H]1Oc2ccccc2N[C@@H]1C. The molecule has 2 nitrogen and oxygen atoms in total. The van der Waals surface area contributed by atoms with Crippen LogP contribution in [0.25, 0.3) is 0 Å². The molecule has 0 radical (unpaired) electrons. The van der Waals surface area contributed by atoms with Crippen LogP contribution in [-0.4, -0.2) is 12.1 Å². The molecule has 2 rings (SSSR count). The van der Waals surface area contributed by atoms with Crippen LogP contribution < -0.4 is 10.1 Å². The van der Waals surface area contributed by atoms with Gasteiger partial charge < -0.3 is 10.1 Å². The average Bonchev–Trinajstić information content (AvgIpc) is 2.07. The minimum Gasteiger partial charge on any atom is -0.486 e. The second-order valence-corrected chi connectivity index (χ2v) is 3.25. The monoisotopic (exact) mass is 163 g/mol. The first kappa shape index (κ1) is 7.47. The minimum atomic E-state index is 0.250. The third-order valence-corrected chi connectivity index (χ3v) is 2.29. The van der Waals surface area contributed by atoms with E-state index in [9.17, 15) is 0 Å². The molecule has 0 amide bonds. The highest BCUT2D eigenvalue weighted by Crippen LogP contribution is 2.30. The van der Waals surface area contributed by atoms with Gasteiger partial charge >= 0.3 is 0 Å². The van der Waals surface area contributed by atoms with Gasteiger partial charge in [0.15, 0.2) is 0 Å². The molecule has 0 aliphatic carbocycles. The third kappa shape index (κ3) is 1.13. The standard InChI is InChI=1S/C10H13NO/c1-7-8(2)12-10-6-4-3-5-9(10)11-7/h3-8,11H,1-2H3/t7-,8+/m1/s1. The fourth-order valence-electron chi connectivity index (χ4n) is 1.35. The molecular weight excluding hydrogens is 150 g/mol. The van der Waals surface area contributed by atoms with E-state index in [-0.39, 0.29) is 6.10 Å². The number of para-hydroxylation sites is 2. The number of hydrogen-bond acceptors (Lipinski definition) is 2. The Morgan fingerprint density at radius 2 is 2.00 bits per heavy atom. The molecule has 1 N–H and O–H groups in total. The van der Waals surface area contributed by atoms with E-state index in [1.165, 1.54) is 0 Å². The third-order valence-electron chi connectivity index (χ3n) is 2.29. The van der Waals surface area contributed by atoms with Crippen molar-refractivity contribution >= 4 is 5.69 Å². The Bertz CT molecular complexity index is 256. The van der Waals surface area contributed by atoms with Crippen LogP contribution in [0.15, 0.2) is 24.3 Å². The highest BCUT2D eigenvalue weighted by Gasteiger charge is 2.20. The Balaban J connectivity index is 2.34. The van der Waals surface area contributed by atoms with E-state index in [1.54, 1.807) is 0 Å². The summed E-state index contributed by atoms with van der Waals surface area (Å²) in [5.41, 5.74) is 1.10. The van der Waals surface area contributed by atoms with Crippen LogP contribution >= 0.6 is 0 Å². The fraction of sp³-hybridized carbons (Fsp3) is 0.400. The molecule has 0 bridgehead atoms. The van der Waals surface area contributed by atoms with Crippen LogP contribution in [0, 0.1) is 0 Å². The molecule has 2 heteroatoms. The van der Waals surface area contributed by atoms with Gasteiger partial charge in [0.25, 0.3) is 0 Å². The van der Waals surface area contributed by atoms with E-state index in [2.05, 4.69) is 19.2 Å². The summed E-state index contributed by atoms with van der Waals surface area (Å²) in [5, 5.41) is 3.38. The number of anilines is 1. The van der Waals surface area contributed by atoms with Crippen molar-refractivity contribution in [2.45, 2.75) is 26.0 Å². The Morgan fingerprint density at radius 1 is 1.25 bits per heavy atom. The lowest BCUT2D eigenvalue weighted by Gasteiger charge is -2.30. The first-order valence-electron chi connectivity index (χ1n) is 4.29. The smallest absolute Gasteiger partial charge is 0.142 e. The molecule has 1 heterocycles. The molecule has 1 aliphatic heterocycles. The van der Waals surface area contributed by atoms with Crippen molar-refractivity contribution in [2.24, 2.45) is 0 Å². The number of hydrogen-bond donors (Lipinski definition) is 1. The van der Waals surface area contributed by atoms with Gasteiger partial charge in [-0.15, -0.1) is 0 Å². The van der Waals surface area contributed by atoms with Crippen LogP contribution in [-0.2, 0) is 0 Å². The summed E-state index contributed by atoms with van der Waals surface area (Å²) in [7, 11) is 0. The van der Waals surface area contributed by atoms with Crippen molar-refractivity contribution in [1.29, 1.82) is 0 Å². The molecule has 12 heavy (non-hydrogen) atoms. The van der Waals surface area contributed by atoms with E-state index in [0.29, 0.717) is 6.04 Å². The molecule has 0 spiro atoms. The summed E-state index contributed by atoms with van der Waals surface area (Å²) >= 11 is 0. The van der Waals surface area contributed by atoms with E-state index in [0.717, 1.165) is 11.4 Å². The Morgan fingerprint density at radius 3 is 2.83 bits per heavy atom. The summed E-state index contributed by atoms with van der Waals surface area (Å²) in [4.78, 5) is 0. The lowest BCUT2D eigenvalue weighted by atomic mass is 10.1. The zero-order chi connectivity index (χ0) is 8.55. The number of benzene rings is 1. The molecule has 1 aromatic carbocycles. The van der Waals surface area contributed by atoms with Crippen molar-refractivity contribution in [2.75, 3.05) is 5.32 Å². The minimum absolute atomic E-state index is 0.250. The van der Waals surface area contributed by atoms with Crippen molar-refractivity contribution < 1.29 is 4.74 Å². The lowest BCUT2D eigenvalue weighted by Crippen LogP contribution is -2.36. The van der Waals surface area contributed by atoms with Gasteiger partial charge in [0.05, 0.1) is 11.7 Å². The first-order chi connectivity index (χ1) is 5.77. The zero-order valence-electron chi connectivity index (χ0n) is 7.37. The van der Waals surface area contributed by atoms with Gasteiger partial charge in [0.1, 0.15) is 11.9 Å². The number of rotatable bonds is 0. The van der Waals surface area contributed by atoms with Gasteiger partial charge in [-0.05, 0) is 26.0 Å². The average molecular weight is 163 g/mol. The first-order valence-corrected chi connectivity index (χ1v) is 4.29. The van der Waals surface area contributed by atoms with Crippen LogP contribution in [0.1, 0.15) is 13.8 Å². The van der Waals surface area contributed by atoms with Gasteiger partial charge in [-0.1, -0.05) is 12.1 Å². The largest absolute Gasteiger partial charge is 0.486 e. The van der Waals surface area contributed by atoms with Crippen molar-refractivity contribution in [3.05, 3.63) is 24.3 Å². The van der Waals surface area contributed by atoms with E-state index < -0.39 is 0 Å². The second kappa shape index (κ2) is 2.70. The molecule has 0 unspecified atom stereocenters. The van der Waals surface area contributed by atoms with E-state index in [1.807, 2.05) is 24.3 Å². The van der Waals surface area contributed by atoms with Gasteiger partial charge in [-0.3, -0.25) is 0 Å². The predicted molar refractivity (Wildman–Crippen MR) is 49.6 cm³/mol. The van der Waals surface area contributed by atoms with Gasteiger partial charge in [0.2, 0.25) is 0 Å². The van der Waals surface area contributed by atoms with Gasteiger partial charge in [-0.2, -0.15) is 0 Å². The molecule has 0 saturated carbocycles. The lowest BCUT2D eigenvalue weighted by molar-refractivity contribution is 0.194.